The monoisotopic (exact) mass is 545 g/mol. The zero-order valence-electron chi connectivity index (χ0n) is 20.2. The highest BCUT2D eigenvalue weighted by Crippen LogP contribution is 2.26. The molecule has 2 atom stereocenters. The van der Waals surface area contributed by atoms with Gasteiger partial charge in [-0.05, 0) is 25.7 Å². The molecule has 1 aliphatic heterocycles. The fourth-order valence-corrected chi connectivity index (χ4v) is 4.47. The Morgan fingerprint density at radius 3 is 2.24 bits per heavy atom. The van der Waals surface area contributed by atoms with Crippen molar-refractivity contribution in [3.05, 3.63) is 29.3 Å². The molecule has 2 aliphatic rings. The SMILES string of the molecule is O=C(O)C[C@H](NC(=O)[C@@H]1CCCN(C(=O)C(=O)NC2CCCC2)C1)C(=O)COc1c(F)c(F)cc(F)c1F. The molecule has 38 heavy (non-hydrogen) atoms. The number of carboxylic acids is 1. The van der Waals surface area contributed by atoms with Crippen molar-refractivity contribution in [2.45, 2.75) is 57.0 Å². The second kappa shape index (κ2) is 12.7. The summed E-state index contributed by atoms with van der Waals surface area (Å²) < 4.78 is 58.9. The predicted molar refractivity (Wildman–Crippen MR) is 121 cm³/mol. The minimum atomic E-state index is -1.89. The topological polar surface area (TPSA) is 142 Å². The quantitative estimate of drug-likeness (QED) is 0.242. The molecule has 1 aromatic rings. The molecule has 1 saturated heterocycles. The van der Waals surface area contributed by atoms with Crippen molar-refractivity contribution >= 4 is 29.5 Å². The van der Waals surface area contributed by atoms with Crippen LogP contribution in [0, 0.1) is 29.2 Å². The molecular formula is C24H27F4N3O7. The average molecular weight is 545 g/mol. The fraction of sp³-hybridized carbons (Fsp3) is 0.542. The van der Waals surface area contributed by atoms with Crippen LogP contribution in [0.2, 0.25) is 0 Å². The number of nitrogens with zero attached hydrogens (tertiary/aromatic N) is 1. The zero-order chi connectivity index (χ0) is 28.0. The number of halogens is 4. The number of carbonyl (C=O) groups excluding carboxylic acids is 4. The third kappa shape index (κ3) is 7.19. The van der Waals surface area contributed by atoms with Crippen LogP contribution in [-0.2, 0) is 24.0 Å². The van der Waals surface area contributed by atoms with Gasteiger partial charge in [-0.1, -0.05) is 12.8 Å². The summed E-state index contributed by atoms with van der Waals surface area (Å²) in [5, 5.41) is 14.0. The van der Waals surface area contributed by atoms with Gasteiger partial charge in [0.2, 0.25) is 17.5 Å². The largest absolute Gasteiger partial charge is 0.481 e. The molecule has 0 radical (unpaired) electrons. The number of piperidine rings is 1. The first-order chi connectivity index (χ1) is 18.0. The second-order valence-electron chi connectivity index (χ2n) is 9.26. The Labute approximate surface area is 214 Å². The lowest BCUT2D eigenvalue weighted by Crippen LogP contribution is -2.53. The average Bonchev–Trinajstić information content (AvgIpc) is 3.39. The standard InChI is InChI=1S/C24H27F4N3O7/c25-14-8-15(26)20(28)21(19(14)27)38-11-17(32)16(9-18(33)34)30-22(35)12-4-3-7-31(10-12)24(37)23(36)29-13-5-1-2-6-13/h8,12-13,16H,1-7,9-11H2,(H,29,36)(H,30,35)(H,33,34)/t12-,16+/m1/s1. The molecule has 1 saturated carbocycles. The molecule has 14 heteroatoms. The van der Waals surface area contributed by atoms with Crippen LogP contribution >= 0.6 is 0 Å². The third-order valence-electron chi connectivity index (χ3n) is 6.48. The first kappa shape index (κ1) is 28.9. The fourth-order valence-electron chi connectivity index (χ4n) is 4.47. The maximum absolute atomic E-state index is 13.8. The van der Waals surface area contributed by atoms with Gasteiger partial charge in [0.1, 0.15) is 12.6 Å². The summed E-state index contributed by atoms with van der Waals surface area (Å²) in [7, 11) is 0. The van der Waals surface area contributed by atoms with Gasteiger partial charge in [0.05, 0.1) is 12.3 Å². The summed E-state index contributed by atoms with van der Waals surface area (Å²) >= 11 is 0. The van der Waals surface area contributed by atoms with E-state index in [9.17, 15) is 41.5 Å². The minimum Gasteiger partial charge on any atom is -0.481 e. The number of likely N-dealkylation sites (tertiary alicyclic amines) is 1. The molecule has 1 aliphatic carbocycles. The summed E-state index contributed by atoms with van der Waals surface area (Å²) in [5.41, 5.74) is 0. The van der Waals surface area contributed by atoms with Crippen molar-refractivity contribution in [1.29, 1.82) is 0 Å². The van der Waals surface area contributed by atoms with Crippen molar-refractivity contribution in [3.63, 3.8) is 0 Å². The van der Waals surface area contributed by atoms with E-state index >= 15 is 0 Å². The van der Waals surface area contributed by atoms with Crippen LogP contribution in [0.25, 0.3) is 0 Å². The van der Waals surface area contributed by atoms with E-state index in [1.165, 1.54) is 4.90 Å². The summed E-state index contributed by atoms with van der Waals surface area (Å²) in [6.07, 6.45) is 3.19. The lowest BCUT2D eigenvalue weighted by Gasteiger charge is -2.32. The molecule has 208 valence electrons. The molecule has 0 spiro atoms. The predicted octanol–water partition coefficient (Wildman–Crippen LogP) is 1.45. The Kier molecular flexibility index (Phi) is 9.64. The Hall–Kier alpha value is -3.71. The van der Waals surface area contributed by atoms with Crippen LogP contribution < -0.4 is 15.4 Å². The number of aliphatic carboxylic acids is 1. The van der Waals surface area contributed by atoms with Crippen molar-refractivity contribution in [2.24, 2.45) is 5.92 Å². The lowest BCUT2D eigenvalue weighted by molar-refractivity contribution is -0.148. The number of nitrogens with one attached hydrogen (secondary N) is 2. The zero-order valence-corrected chi connectivity index (χ0v) is 20.2. The van der Waals surface area contributed by atoms with Crippen LogP contribution in [0.15, 0.2) is 6.07 Å². The second-order valence-corrected chi connectivity index (χ2v) is 9.26. The van der Waals surface area contributed by atoms with Crippen molar-refractivity contribution in [1.82, 2.24) is 15.5 Å². The molecule has 0 unspecified atom stereocenters. The summed E-state index contributed by atoms with van der Waals surface area (Å²) in [6.45, 7) is -1.12. The number of carbonyl (C=O) groups is 5. The highest BCUT2D eigenvalue weighted by atomic mass is 19.2. The third-order valence-corrected chi connectivity index (χ3v) is 6.48. The van der Waals surface area contributed by atoms with E-state index in [1.807, 2.05) is 0 Å². The summed E-state index contributed by atoms with van der Waals surface area (Å²) in [5.74, 6) is -14.7. The van der Waals surface area contributed by atoms with Crippen LogP contribution in [0.5, 0.6) is 5.75 Å². The van der Waals surface area contributed by atoms with Crippen LogP contribution in [-0.4, -0.2) is 71.3 Å². The first-order valence-corrected chi connectivity index (χ1v) is 12.1. The number of rotatable bonds is 9. The maximum Gasteiger partial charge on any atom is 0.311 e. The van der Waals surface area contributed by atoms with Gasteiger partial charge in [-0.15, -0.1) is 0 Å². The number of benzene rings is 1. The smallest absolute Gasteiger partial charge is 0.311 e. The Bertz CT molecular complexity index is 1080. The van der Waals surface area contributed by atoms with Crippen LogP contribution in [0.3, 0.4) is 0 Å². The highest BCUT2D eigenvalue weighted by molar-refractivity contribution is 6.35. The van der Waals surface area contributed by atoms with Gasteiger partial charge in [0.25, 0.3) is 0 Å². The van der Waals surface area contributed by atoms with E-state index < -0.39 is 83.5 Å². The van der Waals surface area contributed by atoms with Gasteiger partial charge in [-0.2, -0.15) is 8.78 Å². The van der Waals surface area contributed by atoms with Gasteiger partial charge in [0.15, 0.2) is 23.2 Å². The van der Waals surface area contributed by atoms with Gasteiger partial charge in [-0.25, -0.2) is 8.78 Å². The molecule has 1 heterocycles. The molecular weight excluding hydrogens is 518 g/mol. The van der Waals surface area contributed by atoms with Crippen LogP contribution in [0.4, 0.5) is 17.6 Å². The molecule has 3 N–H and O–H groups in total. The van der Waals surface area contributed by atoms with Gasteiger partial charge in [-0.3, -0.25) is 24.0 Å². The number of amides is 3. The Morgan fingerprint density at radius 2 is 1.63 bits per heavy atom. The number of ketones is 1. The molecule has 1 aromatic carbocycles. The van der Waals surface area contributed by atoms with E-state index in [-0.39, 0.29) is 31.6 Å². The minimum absolute atomic E-state index is 0.0522. The van der Waals surface area contributed by atoms with Gasteiger partial charge < -0.3 is 25.4 Å². The van der Waals surface area contributed by atoms with E-state index in [4.69, 9.17) is 5.11 Å². The lowest BCUT2D eigenvalue weighted by atomic mass is 9.96. The molecule has 0 bridgehead atoms. The van der Waals surface area contributed by atoms with Crippen LogP contribution in [0.1, 0.15) is 44.9 Å². The number of hydrogen-bond acceptors (Lipinski definition) is 6. The van der Waals surface area contributed by atoms with Gasteiger partial charge in [0, 0.05) is 25.2 Å². The number of hydrogen-bond donors (Lipinski definition) is 3. The molecule has 3 rings (SSSR count). The Balaban J connectivity index is 1.61. The van der Waals surface area contributed by atoms with E-state index in [2.05, 4.69) is 15.4 Å². The normalized spacial score (nSPS) is 18.5. The summed E-state index contributed by atoms with van der Waals surface area (Å²) in [4.78, 5) is 62.7. The summed E-state index contributed by atoms with van der Waals surface area (Å²) in [6, 6.07) is -1.84. The molecule has 3 amide bonds. The number of carboxylic acid groups (broad SMARTS) is 1. The highest BCUT2D eigenvalue weighted by Gasteiger charge is 2.34. The van der Waals surface area contributed by atoms with E-state index in [0.29, 0.717) is 6.42 Å². The Morgan fingerprint density at radius 1 is 1.00 bits per heavy atom. The number of Topliss-reactive ketones (excluding diaryl/α,β-unsaturated/α-hetero) is 1. The van der Waals surface area contributed by atoms with Crippen molar-refractivity contribution < 1.29 is 51.4 Å². The van der Waals surface area contributed by atoms with Crippen molar-refractivity contribution in [2.75, 3.05) is 19.7 Å². The molecule has 2 fully saturated rings. The molecule has 0 aromatic heterocycles. The van der Waals surface area contributed by atoms with Crippen molar-refractivity contribution in [3.8, 4) is 5.75 Å². The maximum atomic E-state index is 13.8. The first-order valence-electron chi connectivity index (χ1n) is 12.1. The number of ether oxygens (including phenoxy) is 1. The molecule has 10 nitrogen and oxygen atoms in total. The van der Waals surface area contributed by atoms with Gasteiger partial charge >= 0.3 is 17.8 Å². The van der Waals surface area contributed by atoms with E-state index in [1.54, 1.807) is 0 Å². The van der Waals surface area contributed by atoms with E-state index in [0.717, 1.165) is 25.7 Å².